The van der Waals surface area contributed by atoms with E-state index in [2.05, 4.69) is 28.6 Å². The zero-order valence-corrected chi connectivity index (χ0v) is 11.6. The van der Waals surface area contributed by atoms with Gasteiger partial charge in [0, 0.05) is 13.0 Å². The zero-order valence-electron chi connectivity index (χ0n) is 10.8. The Bertz CT molecular complexity index is 362. The molecule has 1 aromatic heterocycles. The highest BCUT2D eigenvalue weighted by Gasteiger charge is 2.19. The number of aryl methyl sites for hydroxylation is 1. The average molecular weight is 256 g/mol. The lowest BCUT2D eigenvalue weighted by Gasteiger charge is -2.26. The Labute approximate surface area is 109 Å². The molecule has 96 valence electrons. The summed E-state index contributed by atoms with van der Waals surface area (Å²) < 4.78 is 2.07. The van der Waals surface area contributed by atoms with Gasteiger partial charge in [-0.1, -0.05) is 33.1 Å². The van der Waals surface area contributed by atoms with Crippen LogP contribution in [0, 0.1) is 11.8 Å². The van der Waals surface area contributed by atoms with Crippen LogP contribution in [0.1, 0.15) is 51.8 Å². The van der Waals surface area contributed by atoms with Crippen molar-refractivity contribution in [3.63, 3.8) is 0 Å². The van der Waals surface area contributed by atoms with E-state index in [4.69, 9.17) is 11.6 Å². The molecule has 1 aromatic rings. The maximum Gasteiger partial charge on any atom is 0.225 e. The molecule has 0 radical (unpaired) electrons. The van der Waals surface area contributed by atoms with E-state index in [-0.39, 0.29) is 0 Å². The van der Waals surface area contributed by atoms with E-state index >= 15 is 0 Å². The van der Waals surface area contributed by atoms with Crippen molar-refractivity contribution in [3.8, 4) is 0 Å². The van der Waals surface area contributed by atoms with E-state index < -0.39 is 0 Å². The predicted molar refractivity (Wildman–Crippen MR) is 70.1 cm³/mol. The van der Waals surface area contributed by atoms with Gasteiger partial charge in [0.1, 0.15) is 5.82 Å². The van der Waals surface area contributed by atoms with Crippen LogP contribution < -0.4 is 0 Å². The molecule has 0 amide bonds. The van der Waals surface area contributed by atoms with Gasteiger partial charge in [-0.15, -0.1) is 10.2 Å². The van der Waals surface area contributed by atoms with Crippen molar-refractivity contribution in [1.82, 2.24) is 14.8 Å². The first-order valence-corrected chi connectivity index (χ1v) is 7.16. The van der Waals surface area contributed by atoms with Crippen LogP contribution in [0.3, 0.4) is 0 Å². The fourth-order valence-corrected chi connectivity index (χ4v) is 3.15. The van der Waals surface area contributed by atoms with Gasteiger partial charge >= 0.3 is 0 Å². The maximum absolute atomic E-state index is 6.06. The molecule has 1 aliphatic rings. The van der Waals surface area contributed by atoms with Crippen molar-refractivity contribution in [2.45, 2.75) is 58.9 Å². The SMILES string of the molecule is CCc1nnc(Cl)n1CCC1CCCC(C)C1. The monoisotopic (exact) mass is 255 g/mol. The van der Waals surface area contributed by atoms with Gasteiger partial charge in [-0.25, -0.2) is 0 Å². The van der Waals surface area contributed by atoms with E-state index in [1.807, 2.05) is 0 Å². The van der Waals surface area contributed by atoms with Gasteiger partial charge in [0.2, 0.25) is 5.28 Å². The molecule has 1 fully saturated rings. The van der Waals surface area contributed by atoms with Crippen LogP contribution in [0.4, 0.5) is 0 Å². The van der Waals surface area contributed by atoms with E-state index in [0.717, 1.165) is 30.6 Å². The number of nitrogens with zero attached hydrogens (tertiary/aromatic N) is 3. The molecule has 2 atom stereocenters. The topological polar surface area (TPSA) is 30.7 Å². The zero-order chi connectivity index (χ0) is 12.3. The van der Waals surface area contributed by atoms with Gasteiger partial charge in [0.25, 0.3) is 0 Å². The van der Waals surface area contributed by atoms with Gasteiger partial charge in [0.05, 0.1) is 0 Å². The Morgan fingerprint density at radius 1 is 1.35 bits per heavy atom. The summed E-state index contributed by atoms with van der Waals surface area (Å²) in [5.74, 6) is 2.77. The minimum absolute atomic E-state index is 0.547. The molecule has 0 bridgehead atoms. The van der Waals surface area contributed by atoms with Gasteiger partial charge < -0.3 is 4.57 Å². The second-order valence-corrected chi connectivity index (χ2v) is 5.65. The highest BCUT2D eigenvalue weighted by molar-refractivity contribution is 6.28. The van der Waals surface area contributed by atoms with Crippen molar-refractivity contribution < 1.29 is 0 Å². The molecule has 1 aliphatic carbocycles. The maximum atomic E-state index is 6.06. The normalized spacial score (nSPS) is 25.1. The molecule has 2 unspecified atom stereocenters. The third kappa shape index (κ3) is 3.21. The van der Waals surface area contributed by atoms with Crippen LogP contribution in [-0.2, 0) is 13.0 Å². The summed E-state index contributed by atoms with van der Waals surface area (Å²) in [5, 5.41) is 8.59. The number of rotatable bonds is 4. The first kappa shape index (κ1) is 12.9. The highest BCUT2D eigenvalue weighted by Crippen LogP contribution is 2.31. The number of halogens is 1. The van der Waals surface area contributed by atoms with Gasteiger partial charge in [-0.2, -0.15) is 0 Å². The lowest BCUT2D eigenvalue weighted by molar-refractivity contribution is 0.260. The molecule has 0 aromatic carbocycles. The van der Waals surface area contributed by atoms with Crippen LogP contribution >= 0.6 is 11.6 Å². The van der Waals surface area contributed by atoms with Crippen molar-refractivity contribution in [1.29, 1.82) is 0 Å². The molecule has 17 heavy (non-hydrogen) atoms. The lowest BCUT2D eigenvalue weighted by atomic mass is 9.81. The molecular weight excluding hydrogens is 234 g/mol. The summed E-state index contributed by atoms with van der Waals surface area (Å²) in [6, 6.07) is 0. The summed E-state index contributed by atoms with van der Waals surface area (Å²) in [4.78, 5) is 0. The van der Waals surface area contributed by atoms with E-state index in [0.29, 0.717) is 5.28 Å². The number of hydrogen-bond donors (Lipinski definition) is 0. The Balaban J connectivity index is 1.90. The standard InChI is InChI=1S/C13H22ClN3/c1-3-12-15-16-13(14)17(12)8-7-11-6-4-5-10(2)9-11/h10-11H,3-9H2,1-2H3. The first-order valence-electron chi connectivity index (χ1n) is 6.78. The van der Waals surface area contributed by atoms with Crippen LogP contribution in [0.15, 0.2) is 0 Å². The predicted octanol–water partition coefficient (Wildman–Crippen LogP) is 3.71. The molecule has 0 N–H and O–H groups in total. The summed E-state index contributed by atoms with van der Waals surface area (Å²) in [6.45, 7) is 5.45. The largest absolute Gasteiger partial charge is 0.302 e. The number of hydrogen-bond acceptors (Lipinski definition) is 2. The van der Waals surface area contributed by atoms with Gasteiger partial charge in [-0.3, -0.25) is 0 Å². The van der Waals surface area contributed by atoms with Crippen molar-refractivity contribution in [3.05, 3.63) is 11.1 Å². The van der Waals surface area contributed by atoms with Crippen LogP contribution in [0.2, 0.25) is 5.28 Å². The minimum Gasteiger partial charge on any atom is -0.302 e. The average Bonchev–Trinajstić information content (AvgIpc) is 2.67. The second kappa shape index (κ2) is 5.85. The quantitative estimate of drug-likeness (QED) is 0.821. The summed E-state index contributed by atoms with van der Waals surface area (Å²) in [5.41, 5.74) is 0. The fraction of sp³-hybridized carbons (Fsp3) is 0.846. The molecule has 2 rings (SSSR count). The molecular formula is C13H22ClN3. The minimum atomic E-state index is 0.547. The highest BCUT2D eigenvalue weighted by atomic mass is 35.5. The van der Waals surface area contributed by atoms with Crippen molar-refractivity contribution >= 4 is 11.6 Å². The summed E-state index contributed by atoms with van der Waals surface area (Å²) in [6.07, 6.45) is 7.68. The Kier molecular flexibility index (Phi) is 4.43. The Hall–Kier alpha value is -0.570. The van der Waals surface area contributed by atoms with Gasteiger partial charge in [0.15, 0.2) is 0 Å². The second-order valence-electron chi connectivity index (χ2n) is 5.32. The van der Waals surface area contributed by atoms with Crippen LogP contribution in [-0.4, -0.2) is 14.8 Å². The first-order chi connectivity index (χ1) is 8.20. The third-order valence-corrected chi connectivity index (χ3v) is 4.18. The molecule has 0 saturated heterocycles. The van der Waals surface area contributed by atoms with Gasteiger partial charge in [-0.05, 0) is 36.3 Å². The Morgan fingerprint density at radius 2 is 2.18 bits per heavy atom. The molecule has 1 heterocycles. The molecule has 1 saturated carbocycles. The molecule has 0 aliphatic heterocycles. The number of aromatic nitrogens is 3. The summed E-state index contributed by atoms with van der Waals surface area (Å²) in [7, 11) is 0. The van der Waals surface area contributed by atoms with Crippen molar-refractivity contribution in [2.24, 2.45) is 11.8 Å². The fourth-order valence-electron chi connectivity index (χ4n) is 2.93. The van der Waals surface area contributed by atoms with E-state index in [1.165, 1.54) is 32.1 Å². The van der Waals surface area contributed by atoms with Crippen LogP contribution in [0.25, 0.3) is 0 Å². The van der Waals surface area contributed by atoms with E-state index in [1.54, 1.807) is 0 Å². The molecule has 3 nitrogen and oxygen atoms in total. The molecule has 4 heteroatoms. The van der Waals surface area contributed by atoms with Crippen LogP contribution in [0.5, 0.6) is 0 Å². The van der Waals surface area contributed by atoms with E-state index in [9.17, 15) is 0 Å². The third-order valence-electron chi connectivity index (χ3n) is 3.90. The van der Waals surface area contributed by atoms with Crippen molar-refractivity contribution in [2.75, 3.05) is 0 Å². The summed E-state index contributed by atoms with van der Waals surface area (Å²) >= 11 is 6.06. The Morgan fingerprint density at radius 3 is 2.88 bits per heavy atom. The smallest absolute Gasteiger partial charge is 0.225 e. The lowest BCUT2D eigenvalue weighted by Crippen LogP contribution is -2.16. The molecule has 0 spiro atoms.